The van der Waals surface area contributed by atoms with Crippen molar-refractivity contribution in [2.24, 2.45) is 5.92 Å². The first-order chi connectivity index (χ1) is 6.84. The van der Waals surface area contributed by atoms with Gasteiger partial charge in [0.25, 0.3) is 0 Å². The van der Waals surface area contributed by atoms with Crippen molar-refractivity contribution < 1.29 is 4.74 Å². The maximum atomic E-state index is 5.55. The van der Waals surface area contributed by atoms with Crippen LogP contribution >= 0.6 is 0 Å². The molecule has 3 nitrogen and oxygen atoms in total. The van der Waals surface area contributed by atoms with Gasteiger partial charge in [-0.1, -0.05) is 6.92 Å². The first-order valence-electron chi connectivity index (χ1n) is 5.21. The number of nitrogens with zero attached hydrogens (tertiary/aromatic N) is 1. The van der Waals surface area contributed by atoms with Crippen LogP contribution in [0, 0.1) is 5.92 Å². The molecule has 0 saturated heterocycles. The van der Waals surface area contributed by atoms with Crippen molar-refractivity contribution in [1.29, 1.82) is 0 Å². The van der Waals surface area contributed by atoms with E-state index in [4.69, 9.17) is 4.74 Å². The summed E-state index contributed by atoms with van der Waals surface area (Å²) in [6.45, 7) is 3.89. The second-order valence-corrected chi connectivity index (χ2v) is 4.21. The van der Waals surface area contributed by atoms with E-state index in [2.05, 4.69) is 23.3 Å². The molecule has 1 fully saturated rings. The molecule has 1 aliphatic carbocycles. The quantitative estimate of drug-likeness (QED) is 0.735. The SMILES string of the molecule is C[C@@H]1C[C@H]1c1cnc2c(c1)OCCN2. The highest BCUT2D eigenvalue weighted by Crippen LogP contribution is 2.47. The summed E-state index contributed by atoms with van der Waals surface area (Å²) in [5.74, 6) is 3.37. The monoisotopic (exact) mass is 190 g/mol. The lowest BCUT2D eigenvalue weighted by Crippen LogP contribution is -2.19. The Bertz CT molecular complexity index is 364. The zero-order chi connectivity index (χ0) is 9.54. The molecule has 0 spiro atoms. The van der Waals surface area contributed by atoms with Crippen LogP contribution in [0.4, 0.5) is 5.82 Å². The van der Waals surface area contributed by atoms with Crippen molar-refractivity contribution in [3.8, 4) is 5.75 Å². The Labute approximate surface area is 83.5 Å². The third-order valence-corrected chi connectivity index (χ3v) is 3.06. The molecule has 0 unspecified atom stereocenters. The van der Waals surface area contributed by atoms with E-state index in [0.29, 0.717) is 0 Å². The van der Waals surface area contributed by atoms with Gasteiger partial charge in [-0.05, 0) is 29.9 Å². The van der Waals surface area contributed by atoms with Crippen LogP contribution in [0.3, 0.4) is 0 Å². The maximum Gasteiger partial charge on any atom is 0.168 e. The Hall–Kier alpha value is -1.25. The molecule has 0 radical (unpaired) electrons. The topological polar surface area (TPSA) is 34.1 Å². The number of fused-ring (bicyclic) bond motifs is 1. The molecule has 3 rings (SSSR count). The standard InChI is InChI=1S/C11H14N2O/c1-7-4-9(7)8-5-10-11(13-6-8)12-2-3-14-10/h5-7,9H,2-4H2,1H3,(H,12,13)/t7-,9-/m1/s1. The highest BCUT2D eigenvalue weighted by atomic mass is 16.5. The molecule has 2 heterocycles. The van der Waals surface area contributed by atoms with Crippen LogP contribution in [-0.4, -0.2) is 18.1 Å². The average molecular weight is 190 g/mol. The first-order valence-corrected chi connectivity index (χ1v) is 5.21. The van der Waals surface area contributed by atoms with E-state index in [-0.39, 0.29) is 0 Å². The minimum atomic E-state index is 0.721. The highest BCUT2D eigenvalue weighted by molar-refractivity contribution is 5.53. The zero-order valence-corrected chi connectivity index (χ0v) is 8.29. The zero-order valence-electron chi connectivity index (χ0n) is 8.29. The molecule has 0 bridgehead atoms. The van der Waals surface area contributed by atoms with Crippen LogP contribution in [0.25, 0.3) is 0 Å². The summed E-state index contributed by atoms with van der Waals surface area (Å²) in [4.78, 5) is 4.38. The van der Waals surface area contributed by atoms with Gasteiger partial charge in [0.2, 0.25) is 0 Å². The van der Waals surface area contributed by atoms with Gasteiger partial charge in [-0.2, -0.15) is 0 Å². The minimum absolute atomic E-state index is 0.721. The molecule has 0 aromatic carbocycles. The lowest BCUT2D eigenvalue weighted by Gasteiger charge is -2.18. The Kier molecular flexibility index (Phi) is 1.66. The van der Waals surface area contributed by atoms with Crippen molar-refractivity contribution in [2.45, 2.75) is 19.3 Å². The largest absolute Gasteiger partial charge is 0.488 e. The van der Waals surface area contributed by atoms with Crippen LogP contribution in [0.15, 0.2) is 12.3 Å². The summed E-state index contributed by atoms with van der Waals surface area (Å²) in [6.07, 6.45) is 3.28. The molecular formula is C11H14N2O. The van der Waals surface area contributed by atoms with Crippen LogP contribution in [0.2, 0.25) is 0 Å². The lowest BCUT2D eigenvalue weighted by molar-refractivity contribution is 0.321. The summed E-state index contributed by atoms with van der Waals surface area (Å²) in [7, 11) is 0. The van der Waals surface area contributed by atoms with Crippen molar-refractivity contribution in [3.63, 3.8) is 0 Å². The van der Waals surface area contributed by atoms with E-state index in [9.17, 15) is 0 Å². The van der Waals surface area contributed by atoms with Crippen LogP contribution < -0.4 is 10.1 Å². The summed E-state index contributed by atoms with van der Waals surface area (Å²) in [5.41, 5.74) is 1.33. The van der Waals surface area contributed by atoms with Gasteiger partial charge in [0.05, 0.1) is 6.54 Å². The number of aromatic nitrogens is 1. The molecule has 1 aromatic heterocycles. The normalized spacial score (nSPS) is 28.6. The summed E-state index contributed by atoms with van der Waals surface area (Å²) < 4.78 is 5.55. The summed E-state index contributed by atoms with van der Waals surface area (Å²) >= 11 is 0. The molecule has 1 saturated carbocycles. The van der Waals surface area contributed by atoms with Gasteiger partial charge in [0.15, 0.2) is 11.6 Å². The molecule has 2 atom stereocenters. The number of rotatable bonds is 1. The molecule has 3 heteroatoms. The molecule has 2 aliphatic rings. The van der Waals surface area contributed by atoms with E-state index in [1.807, 2.05) is 6.20 Å². The van der Waals surface area contributed by atoms with Gasteiger partial charge in [-0.3, -0.25) is 0 Å². The number of hydrogen-bond acceptors (Lipinski definition) is 3. The van der Waals surface area contributed by atoms with Crippen LogP contribution in [0.5, 0.6) is 5.75 Å². The molecule has 1 N–H and O–H groups in total. The predicted molar refractivity (Wildman–Crippen MR) is 54.7 cm³/mol. The third-order valence-electron chi connectivity index (χ3n) is 3.06. The Morgan fingerprint density at radius 3 is 3.21 bits per heavy atom. The fraction of sp³-hybridized carbons (Fsp3) is 0.545. The van der Waals surface area contributed by atoms with Gasteiger partial charge in [0.1, 0.15) is 6.61 Å². The van der Waals surface area contributed by atoms with Crippen LogP contribution in [-0.2, 0) is 0 Å². The predicted octanol–water partition coefficient (Wildman–Crippen LogP) is 2.01. The van der Waals surface area contributed by atoms with E-state index < -0.39 is 0 Å². The van der Waals surface area contributed by atoms with Gasteiger partial charge in [0, 0.05) is 6.20 Å². The molecule has 1 aliphatic heterocycles. The van der Waals surface area contributed by atoms with Crippen LogP contribution in [0.1, 0.15) is 24.8 Å². The fourth-order valence-electron chi connectivity index (χ4n) is 2.02. The minimum Gasteiger partial charge on any atom is -0.488 e. The Balaban J connectivity index is 1.93. The molecule has 1 aromatic rings. The first kappa shape index (κ1) is 8.09. The maximum absolute atomic E-state index is 5.55. The van der Waals surface area contributed by atoms with Crippen molar-refractivity contribution >= 4 is 5.82 Å². The second-order valence-electron chi connectivity index (χ2n) is 4.21. The van der Waals surface area contributed by atoms with Crippen molar-refractivity contribution in [1.82, 2.24) is 4.98 Å². The number of pyridine rings is 1. The van der Waals surface area contributed by atoms with Gasteiger partial charge in [-0.25, -0.2) is 4.98 Å². The number of anilines is 1. The molecule has 74 valence electrons. The molecular weight excluding hydrogens is 176 g/mol. The van der Waals surface area contributed by atoms with E-state index in [1.54, 1.807) is 0 Å². The number of hydrogen-bond donors (Lipinski definition) is 1. The average Bonchev–Trinajstić information content (AvgIpc) is 2.95. The molecule has 0 amide bonds. The summed E-state index contributed by atoms with van der Waals surface area (Å²) in [6, 6.07) is 2.14. The van der Waals surface area contributed by atoms with Crippen molar-refractivity contribution in [3.05, 3.63) is 17.8 Å². The summed E-state index contributed by atoms with van der Waals surface area (Å²) in [5, 5.41) is 3.22. The lowest BCUT2D eigenvalue weighted by atomic mass is 10.1. The highest BCUT2D eigenvalue weighted by Gasteiger charge is 2.34. The van der Waals surface area contributed by atoms with Gasteiger partial charge < -0.3 is 10.1 Å². The van der Waals surface area contributed by atoms with Crippen molar-refractivity contribution in [2.75, 3.05) is 18.5 Å². The second kappa shape index (κ2) is 2.87. The number of nitrogens with one attached hydrogen (secondary N) is 1. The van der Waals surface area contributed by atoms with E-state index in [0.717, 1.165) is 36.6 Å². The fourth-order valence-corrected chi connectivity index (χ4v) is 2.02. The van der Waals surface area contributed by atoms with E-state index >= 15 is 0 Å². The Morgan fingerprint density at radius 2 is 2.43 bits per heavy atom. The third kappa shape index (κ3) is 1.24. The van der Waals surface area contributed by atoms with Gasteiger partial charge >= 0.3 is 0 Å². The number of ether oxygens (including phenoxy) is 1. The van der Waals surface area contributed by atoms with Gasteiger partial charge in [-0.15, -0.1) is 0 Å². The molecule has 14 heavy (non-hydrogen) atoms. The Morgan fingerprint density at radius 1 is 1.57 bits per heavy atom. The smallest absolute Gasteiger partial charge is 0.168 e. The van der Waals surface area contributed by atoms with E-state index in [1.165, 1.54) is 12.0 Å².